The number of aromatic nitrogens is 3. The van der Waals surface area contributed by atoms with Crippen LogP contribution in [0.5, 0.6) is 0 Å². The first-order valence-electron chi connectivity index (χ1n) is 8.53. The van der Waals surface area contributed by atoms with E-state index in [4.69, 9.17) is 0 Å². The number of rotatable bonds is 2. The highest BCUT2D eigenvalue weighted by Crippen LogP contribution is 2.35. The Morgan fingerprint density at radius 1 is 1.28 bits per heavy atom. The molecule has 25 heavy (non-hydrogen) atoms. The van der Waals surface area contributed by atoms with E-state index >= 15 is 0 Å². The van der Waals surface area contributed by atoms with Crippen molar-refractivity contribution in [2.45, 2.75) is 32.7 Å². The van der Waals surface area contributed by atoms with Gasteiger partial charge in [0.1, 0.15) is 9.84 Å². The van der Waals surface area contributed by atoms with Gasteiger partial charge >= 0.3 is 0 Å². The Bertz CT molecular complexity index is 1120. The van der Waals surface area contributed by atoms with Gasteiger partial charge in [-0.1, -0.05) is 19.1 Å². The number of hydrogen-bond donors (Lipinski definition) is 0. The second-order valence-electron chi connectivity index (χ2n) is 6.78. The van der Waals surface area contributed by atoms with Crippen LogP contribution in [0.4, 0.5) is 0 Å². The molecule has 0 saturated carbocycles. The number of fused-ring (bicyclic) bond motifs is 4. The van der Waals surface area contributed by atoms with Gasteiger partial charge in [-0.15, -0.1) is 22.7 Å². The van der Waals surface area contributed by atoms with E-state index in [1.807, 2.05) is 18.2 Å². The average Bonchev–Trinajstić information content (AvgIpc) is 3.17. The number of aryl methyl sites for hydroxylation is 1. The first kappa shape index (κ1) is 15.2. The van der Waals surface area contributed by atoms with Crippen molar-refractivity contribution in [3.8, 4) is 0 Å². The monoisotopic (exact) mass is 367 g/mol. The lowest BCUT2D eigenvalue weighted by Crippen LogP contribution is -2.22. The van der Waals surface area contributed by atoms with Gasteiger partial charge in [-0.05, 0) is 42.9 Å². The molecule has 1 atom stereocenters. The highest BCUT2D eigenvalue weighted by molar-refractivity contribution is 7.19. The molecule has 0 fully saturated rings. The van der Waals surface area contributed by atoms with E-state index in [2.05, 4.69) is 23.0 Å². The molecule has 126 valence electrons. The molecule has 1 aromatic carbocycles. The van der Waals surface area contributed by atoms with Crippen molar-refractivity contribution in [2.24, 2.45) is 5.92 Å². The Morgan fingerprint density at radius 3 is 3.04 bits per heavy atom. The summed E-state index contributed by atoms with van der Waals surface area (Å²) in [6, 6.07) is 8.08. The highest BCUT2D eigenvalue weighted by atomic mass is 32.1. The van der Waals surface area contributed by atoms with Crippen molar-refractivity contribution < 1.29 is 0 Å². The fourth-order valence-electron chi connectivity index (χ4n) is 3.61. The van der Waals surface area contributed by atoms with Crippen LogP contribution in [0.1, 0.15) is 28.8 Å². The summed E-state index contributed by atoms with van der Waals surface area (Å²) < 4.78 is 2.87. The molecule has 0 radical (unpaired) electrons. The molecular weight excluding hydrogens is 350 g/mol. The first-order valence-corrected chi connectivity index (χ1v) is 10.2. The van der Waals surface area contributed by atoms with Gasteiger partial charge in [0.15, 0.2) is 0 Å². The van der Waals surface area contributed by atoms with Crippen LogP contribution in [0.25, 0.3) is 20.4 Å². The largest absolute Gasteiger partial charge is 0.292 e. The van der Waals surface area contributed by atoms with Gasteiger partial charge in [-0.2, -0.15) is 0 Å². The third kappa shape index (κ3) is 2.51. The van der Waals surface area contributed by atoms with E-state index in [1.165, 1.54) is 10.4 Å². The molecule has 0 N–H and O–H groups in total. The summed E-state index contributed by atoms with van der Waals surface area (Å²) in [5.74, 6) is 0.700. The molecule has 3 aromatic heterocycles. The summed E-state index contributed by atoms with van der Waals surface area (Å²) in [4.78, 5) is 24.5. The second-order valence-corrected chi connectivity index (χ2v) is 8.98. The van der Waals surface area contributed by atoms with Crippen molar-refractivity contribution in [3.63, 3.8) is 0 Å². The number of para-hydroxylation sites is 1. The minimum absolute atomic E-state index is 0.0799. The second kappa shape index (κ2) is 5.75. The predicted octanol–water partition coefficient (Wildman–Crippen LogP) is 4.24. The van der Waals surface area contributed by atoms with Crippen molar-refractivity contribution in [3.05, 3.63) is 56.4 Å². The molecular formula is C19H17N3OS2. The molecule has 6 heteroatoms. The smallest absolute Gasteiger partial charge is 0.262 e. The van der Waals surface area contributed by atoms with E-state index in [9.17, 15) is 4.79 Å². The van der Waals surface area contributed by atoms with E-state index < -0.39 is 0 Å². The maximum Gasteiger partial charge on any atom is 0.262 e. The summed E-state index contributed by atoms with van der Waals surface area (Å²) in [6.45, 7) is 2.77. The average molecular weight is 367 g/mol. The van der Waals surface area contributed by atoms with Crippen LogP contribution in [0.2, 0.25) is 0 Å². The van der Waals surface area contributed by atoms with Crippen LogP contribution >= 0.6 is 22.7 Å². The van der Waals surface area contributed by atoms with Gasteiger partial charge in [0.05, 0.1) is 28.5 Å². The van der Waals surface area contributed by atoms with Crippen molar-refractivity contribution in [1.82, 2.24) is 14.5 Å². The lowest BCUT2D eigenvalue weighted by atomic mass is 9.89. The topological polar surface area (TPSA) is 47.8 Å². The van der Waals surface area contributed by atoms with Crippen LogP contribution < -0.4 is 5.56 Å². The molecule has 0 bridgehead atoms. The molecule has 0 aliphatic heterocycles. The predicted molar refractivity (Wildman–Crippen MR) is 104 cm³/mol. The van der Waals surface area contributed by atoms with Gasteiger partial charge < -0.3 is 0 Å². The van der Waals surface area contributed by atoms with Crippen molar-refractivity contribution in [1.29, 1.82) is 0 Å². The minimum atomic E-state index is 0.0799. The Morgan fingerprint density at radius 2 is 2.16 bits per heavy atom. The highest BCUT2D eigenvalue weighted by Gasteiger charge is 2.23. The zero-order valence-electron chi connectivity index (χ0n) is 13.9. The summed E-state index contributed by atoms with van der Waals surface area (Å²) in [6.07, 6.45) is 4.92. The SMILES string of the molecule is C[C@@H]1CCc2c(sc3ncn(Cc4nc5ccccc5s4)c(=O)c23)C1. The van der Waals surface area contributed by atoms with Gasteiger partial charge in [0.25, 0.3) is 5.56 Å². The summed E-state index contributed by atoms with van der Waals surface area (Å²) in [7, 11) is 0. The summed E-state index contributed by atoms with van der Waals surface area (Å²) >= 11 is 3.34. The van der Waals surface area contributed by atoms with Gasteiger partial charge in [0.2, 0.25) is 0 Å². The lowest BCUT2D eigenvalue weighted by molar-refractivity contribution is 0.509. The molecule has 0 spiro atoms. The molecule has 0 amide bonds. The number of thiazole rings is 1. The van der Waals surface area contributed by atoms with Crippen LogP contribution in [0.15, 0.2) is 35.4 Å². The Labute approximate surface area is 152 Å². The standard InChI is InChI=1S/C19H17N3OS2/c1-11-6-7-12-15(8-11)25-18-17(12)19(23)22(10-20-18)9-16-21-13-4-2-3-5-14(13)24-16/h2-5,10-11H,6-9H2,1H3/t11-/m1/s1. The number of hydrogen-bond acceptors (Lipinski definition) is 5. The molecule has 0 unspecified atom stereocenters. The normalized spacial score (nSPS) is 17.2. The Kier molecular flexibility index (Phi) is 3.50. The number of thiophene rings is 1. The van der Waals surface area contributed by atoms with E-state index in [1.54, 1.807) is 33.6 Å². The van der Waals surface area contributed by atoms with Crippen LogP contribution in [-0.2, 0) is 19.4 Å². The van der Waals surface area contributed by atoms with E-state index in [0.717, 1.165) is 44.7 Å². The van der Waals surface area contributed by atoms with Gasteiger partial charge in [-0.3, -0.25) is 9.36 Å². The maximum absolute atomic E-state index is 13.1. The van der Waals surface area contributed by atoms with Crippen LogP contribution in [0, 0.1) is 5.92 Å². The van der Waals surface area contributed by atoms with E-state index in [0.29, 0.717) is 12.5 Å². The number of benzene rings is 1. The van der Waals surface area contributed by atoms with E-state index in [-0.39, 0.29) is 5.56 Å². The first-order chi connectivity index (χ1) is 12.2. The molecule has 4 aromatic rings. The third-order valence-electron chi connectivity index (χ3n) is 4.93. The van der Waals surface area contributed by atoms with Crippen LogP contribution in [-0.4, -0.2) is 14.5 Å². The zero-order chi connectivity index (χ0) is 17.0. The fraction of sp³-hybridized carbons (Fsp3) is 0.316. The molecule has 1 aliphatic rings. The van der Waals surface area contributed by atoms with Gasteiger partial charge in [-0.25, -0.2) is 9.97 Å². The molecule has 1 aliphatic carbocycles. The molecule has 4 nitrogen and oxygen atoms in total. The Balaban J connectivity index is 1.59. The maximum atomic E-state index is 13.1. The number of nitrogens with zero attached hydrogens (tertiary/aromatic N) is 3. The zero-order valence-corrected chi connectivity index (χ0v) is 15.5. The third-order valence-corrected chi connectivity index (χ3v) is 7.11. The molecule has 3 heterocycles. The summed E-state index contributed by atoms with van der Waals surface area (Å²) in [5.41, 5.74) is 2.32. The minimum Gasteiger partial charge on any atom is -0.292 e. The fourth-order valence-corrected chi connectivity index (χ4v) is 5.92. The molecule has 5 rings (SSSR count). The Hall–Kier alpha value is -2.05. The van der Waals surface area contributed by atoms with Crippen LogP contribution in [0.3, 0.4) is 0 Å². The summed E-state index contributed by atoms with van der Waals surface area (Å²) in [5, 5.41) is 1.79. The lowest BCUT2D eigenvalue weighted by Gasteiger charge is -2.17. The van der Waals surface area contributed by atoms with Crippen molar-refractivity contribution >= 4 is 43.1 Å². The molecule has 0 saturated heterocycles. The quantitative estimate of drug-likeness (QED) is 0.532. The van der Waals surface area contributed by atoms with Gasteiger partial charge in [0, 0.05) is 4.88 Å². The van der Waals surface area contributed by atoms with Crippen molar-refractivity contribution in [2.75, 3.05) is 0 Å².